The number of nitrogens with zero attached hydrogens (tertiary/aromatic N) is 2. The molecule has 1 rings (SSSR count). The Kier molecular flexibility index (Phi) is 7.08. The molecule has 0 spiro atoms. The van der Waals surface area contributed by atoms with E-state index in [1.54, 1.807) is 36.2 Å². The van der Waals surface area contributed by atoms with Crippen LogP contribution >= 0.6 is 0 Å². The zero-order chi connectivity index (χ0) is 15.7. The van der Waals surface area contributed by atoms with E-state index in [2.05, 4.69) is 12.1 Å². The topological polar surface area (TPSA) is 88.2 Å². The third-order valence-corrected chi connectivity index (χ3v) is 3.14. The van der Waals surface area contributed by atoms with E-state index in [9.17, 15) is 4.79 Å². The molecule has 1 aromatic rings. The normalized spacial score (nSPS) is 11.2. The largest absolute Gasteiger partial charge is 0.483 e. The molecule has 6 heteroatoms. The van der Waals surface area contributed by atoms with Gasteiger partial charge in [0.1, 0.15) is 5.75 Å². The lowest BCUT2D eigenvalue weighted by molar-refractivity contribution is -0.132. The second-order valence-electron chi connectivity index (χ2n) is 4.79. The van der Waals surface area contributed by atoms with Gasteiger partial charge in [0, 0.05) is 13.6 Å². The smallest absolute Gasteiger partial charge is 0.260 e. The van der Waals surface area contributed by atoms with Crippen LogP contribution in [-0.2, 0) is 4.79 Å². The number of oxime groups is 1. The minimum absolute atomic E-state index is 0.0469. The van der Waals surface area contributed by atoms with Crippen molar-refractivity contribution in [2.75, 3.05) is 20.2 Å². The van der Waals surface area contributed by atoms with Crippen LogP contribution in [0.4, 0.5) is 0 Å². The quantitative estimate of drug-likeness (QED) is 0.251. The molecule has 0 heterocycles. The van der Waals surface area contributed by atoms with Gasteiger partial charge in [-0.25, -0.2) is 0 Å². The molecule has 0 atom stereocenters. The second-order valence-corrected chi connectivity index (χ2v) is 4.79. The first-order chi connectivity index (χ1) is 10.1. The van der Waals surface area contributed by atoms with Gasteiger partial charge in [0.15, 0.2) is 12.4 Å². The predicted molar refractivity (Wildman–Crippen MR) is 81.6 cm³/mol. The Labute approximate surface area is 125 Å². The molecular formula is C15H23N3O3. The molecule has 1 aromatic carbocycles. The monoisotopic (exact) mass is 293 g/mol. The van der Waals surface area contributed by atoms with Gasteiger partial charge < -0.3 is 20.6 Å². The number of nitrogens with two attached hydrogens (primary N) is 1. The van der Waals surface area contributed by atoms with Gasteiger partial charge in [0.2, 0.25) is 0 Å². The van der Waals surface area contributed by atoms with Gasteiger partial charge >= 0.3 is 0 Å². The molecule has 21 heavy (non-hydrogen) atoms. The summed E-state index contributed by atoms with van der Waals surface area (Å²) in [6.07, 6.45) is 3.20. The van der Waals surface area contributed by atoms with E-state index in [0.717, 1.165) is 25.8 Å². The van der Waals surface area contributed by atoms with Crippen LogP contribution in [0.25, 0.3) is 0 Å². The number of hydrogen-bond acceptors (Lipinski definition) is 4. The van der Waals surface area contributed by atoms with Gasteiger partial charge in [-0.1, -0.05) is 37.1 Å². The highest BCUT2D eigenvalue weighted by molar-refractivity contribution is 5.99. The molecule has 0 radical (unpaired) electrons. The highest BCUT2D eigenvalue weighted by Crippen LogP contribution is 2.17. The maximum Gasteiger partial charge on any atom is 0.260 e. The van der Waals surface area contributed by atoms with E-state index in [0.29, 0.717) is 11.3 Å². The molecule has 116 valence electrons. The van der Waals surface area contributed by atoms with Crippen molar-refractivity contribution in [1.29, 1.82) is 0 Å². The average molecular weight is 293 g/mol. The lowest BCUT2D eigenvalue weighted by atomic mass is 10.2. The van der Waals surface area contributed by atoms with Crippen LogP contribution in [-0.4, -0.2) is 42.0 Å². The van der Waals surface area contributed by atoms with Crippen molar-refractivity contribution >= 4 is 11.7 Å². The molecule has 3 N–H and O–H groups in total. The van der Waals surface area contributed by atoms with E-state index >= 15 is 0 Å². The summed E-state index contributed by atoms with van der Waals surface area (Å²) in [4.78, 5) is 13.6. The predicted octanol–water partition coefficient (Wildman–Crippen LogP) is 1.81. The Hall–Kier alpha value is -2.24. The van der Waals surface area contributed by atoms with Crippen LogP contribution in [0.1, 0.15) is 31.7 Å². The van der Waals surface area contributed by atoms with E-state index in [1.165, 1.54) is 0 Å². The number of unbranched alkanes of at least 4 members (excludes halogenated alkanes) is 2. The summed E-state index contributed by atoms with van der Waals surface area (Å²) in [5, 5.41) is 11.7. The van der Waals surface area contributed by atoms with E-state index in [4.69, 9.17) is 15.7 Å². The minimum atomic E-state index is -0.0968. The summed E-state index contributed by atoms with van der Waals surface area (Å²) in [7, 11) is 1.76. The highest BCUT2D eigenvalue weighted by Gasteiger charge is 2.12. The molecule has 0 aliphatic rings. The Morgan fingerprint density at radius 3 is 2.76 bits per heavy atom. The molecule has 0 saturated heterocycles. The van der Waals surface area contributed by atoms with Crippen molar-refractivity contribution in [1.82, 2.24) is 4.90 Å². The lowest BCUT2D eigenvalue weighted by Crippen LogP contribution is -2.32. The number of rotatable bonds is 8. The first kappa shape index (κ1) is 16.8. The molecule has 0 aromatic heterocycles. The van der Waals surface area contributed by atoms with Crippen LogP contribution < -0.4 is 10.5 Å². The lowest BCUT2D eigenvalue weighted by Gasteiger charge is -2.18. The Bertz CT molecular complexity index is 489. The van der Waals surface area contributed by atoms with Crippen molar-refractivity contribution in [3.8, 4) is 5.75 Å². The maximum atomic E-state index is 12.0. The van der Waals surface area contributed by atoms with Crippen LogP contribution in [0.15, 0.2) is 29.4 Å². The molecule has 0 unspecified atom stereocenters. The van der Waals surface area contributed by atoms with E-state index < -0.39 is 0 Å². The number of benzene rings is 1. The van der Waals surface area contributed by atoms with Gasteiger partial charge in [-0.05, 0) is 18.6 Å². The molecule has 0 saturated carbocycles. The maximum absolute atomic E-state index is 12.0. The number of hydrogen-bond donors (Lipinski definition) is 2. The van der Waals surface area contributed by atoms with Gasteiger partial charge in [-0.2, -0.15) is 0 Å². The van der Waals surface area contributed by atoms with Gasteiger partial charge in [-0.3, -0.25) is 4.79 Å². The summed E-state index contributed by atoms with van der Waals surface area (Å²) in [6, 6.07) is 6.86. The molecule has 0 aliphatic heterocycles. The number of amides is 1. The first-order valence-electron chi connectivity index (χ1n) is 7.03. The zero-order valence-corrected chi connectivity index (χ0v) is 12.6. The fraction of sp³-hybridized carbons (Fsp3) is 0.467. The number of ether oxygens (including phenoxy) is 1. The van der Waals surface area contributed by atoms with Crippen LogP contribution in [0.2, 0.25) is 0 Å². The number of likely N-dealkylation sites (N-methyl/N-ethyl adjacent to an activating group) is 1. The number of carbonyl (C=O) groups is 1. The third-order valence-electron chi connectivity index (χ3n) is 3.14. The average Bonchev–Trinajstić information content (AvgIpc) is 2.52. The van der Waals surface area contributed by atoms with Gasteiger partial charge in [0.05, 0.1) is 5.56 Å². The summed E-state index contributed by atoms with van der Waals surface area (Å²) in [5.74, 6) is 0.276. The van der Waals surface area contributed by atoms with Crippen molar-refractivity contribution < 1.29 is 14.7 Å². The molecule has 6 nitrogen and oxygen atoms in total. The summed E-state index contributed by atoms with van der Waals surface area (Å²) in [5.41, 5.74) is 6.03. The molecule has 0 fully saturated rings. The Morgan fingerprint density at radius 2 is 2.10 bits per heavy atom. The van der Waals surface area contributed by atoms with Crippen LogP contribution in [0.3, 0.4) is 0 Å². The van der Waals surface area contributed by atoms with Crippen molar-refractivity contribution in [3.63, 3.8) is 0 Å². The highest BCUT2D eigenvalue weighted by atomic mass is 16.5. The standard InChI is InChI=1S/C15H23N3O3/c1-3-4-7-10-18(2)14(19)11-21-13-9-6-5-8-12(13)15(16)17-20/h5-6,8-9,20H,3-4,7,10-11H2,1-2H3,(H2,16,17). The third kappa shape index (κ3) is 5.33. The Morgan fingerprint density at radius 1 is 1.38 bits per heavy atom. The van der Waals surface area contributed by atoms with Crippen LogP contribution in [0.5, 0.6) is 5.75 Å². The fourth-order valence-corrected chi connectivity index (χ4v) is 1.83. The molecule has 0 bridgehead atoms. The van der Waals surface area contributed by atoms with Crippen molar-refractivity contribution in [2.45, 2.75) is 26.2 Å². The molecule has 0 aliphatic carbocycles. The second kappa shape index (κ2) is 8.84. The fourth-order valence-electron chi connectivity index (χ4n) is 1.83. The number of amidine groups is 1. The summed E-state index contributed by atoms with van der Waals surface area (Å²) < 4.78 is 5.49. The molecule has 1 amide bonds. The Balaban J connectivity index is 2.57. The van der Waals surface area contributed by atoms with Crippen molar-refractivity contribution in [2.24, 2.45) is 10.9 Å². The first-order valence-corrected chi connectivity index (χ1v) is 7.03. The van der Waals surface area contributed by atoms with E-state index in [-0.39, 0.29) is 18.3 Å². The SMILES string of the molecule is CCCCCN(C)C(=O)COc1ccccc1/C(N)=N/O. The minimum Gasteiger partial charge on any atom is -0.483 e. The molecular weight excluding hydrogens is 270 g/mol. The number of para-hydroxylation sites is 1. The number of carbonyl (C=O) groups excluding carboxylic acids is 1. The van der Waals surface area contributed by atoms with Crippen LogP contribution in [0, 0.1) is 0 Å². The van der Waals surface area contributed by atoms with Crippen molar-refractivity contribution in [3.05, 3.63) is 29.8 Å². The van der Waals surface area contributed by atoms with Gasteiger partial charge in [-0.15, -0.1) is 0 Å². The van der Waals surface area contributed by atoms with Gasteiger partial charge in [0.25, 0.3) is 5.91 Å². The zero-order valence-electron chi connectivity index (χ0n) is 12.6. The summed E-state index contributed by atoms with van der Waals surface area (Å²) >= 11 is 0. The summed E-state index contributed by atoms with van der Waals surface area (Å²) in [6.45, 7) is 2.77. The van der Waals surface area contributed by atoms with E-state index in [1.807, 2.05) is 0 Å².